The first-order valence-corrected chi connectivity index (χ1v) is 11.9. The van der Waals surface area contributed by atoms with E-state index in [4.69, 9.17) is 5.73 Å². The predicted octanol–water partition coefficient (Wildman–Crippen LogP) is 3.78. The minimum absolute atomic E-state index is 0.0262. The van der Waals surface area contributed by atoms with Crippen molar-refractivity contribution < 1.29 is 14.4 Å². The first-order valence-electron chi connectivity index (χ1n) is 11.3. The first kappa shape index (κ1) is 21.3. The highest BCUT2D eigenvalue weighted by Gasteiger charge is 2.63. The molecule has 160 valence electrons. The highest BCUT2D eigenvalue weighted by atomic mass is 32.1. The third kappa shape index (κ3) is 3.10. The summed E-state index contributed by atoms with van der Waals surface area (Å²) in [5.74, 6) is 1.75. The normalized spacial score (nSPS) is 44.9. The summed E-state index contributed by atoms with van der Waals surface area (Å²) < 4.78 is 0. The maximum Gasteiger partial charge on any atom is 0.155 e. The molecule has 0 amide bonds. The van der Waals surface area contributed by atoms with Gasteiger partial charge in [-0.1, -0.05) is 19.4 Å². The maximum atomic E-state index is 13.1. The van der Waals surface area contributed by atoms with Gasteiger partial charge in [0.05, 0.1) is 6.04 Å². The Morgan fingerprint density at radius 1 is 1.21 bits per heavy atom. The molecule has 0 aromatic rings. The predicted molar refractivity (Wildman–Crippen MR) is 117 cm³/mol. The van der Waals surface area contributed by atoms with Crippen molar-refractivity contribution in [2.24, 2.45) is 46.2 Å². The van der Waals surface area contributed by atoms with Crippen molar-refractivity contribution in [2.75, 3.05) is 5.75 Å². The molecule has 0 bridgehead atoms. The second-order valence-corrected chi connectivity index (χ2v) is 11.0. The molecular formula is C24H35NO3S. The number of hydrogen-bond acceptors (Lipinski definition) is 5. The first-order chi connectivity index (χ1) is 13.6. The van der Waals surface area contributed by atoms with Crippen LogP contribution in [0.4, 0.5) is 0 Å². The van der Waals surface area contributed by atoms with Crippen LogP contribution >= 0.6 is 12.6 Å². The molecule has 0 aromatic heterocycles. The SMILES string of the molecule is CC(=O)[C@H]1C(C(=O)[C@@H](N)CS)C[C@H]2[C@@H]3CCC4=CC(=O)CC[C@]4(C)[C@H]3CC[C@]12C. The van der Waals surface area contributed by atoms with Gasteiger partial charge >= 0.3 is 0 Å². The summed E-state index contributed by atoms with van der Waals surface area (Å²) in [6.07, 6.45) is 8.45. The lowest BCUT2D eigenvalue weighted by Crippen LogP contribution is -2.51. The number of carbonyl (C=O) groups excluding carboxylic acids is 3. The van der Waals surface area contributed by atoms with Crippen LogP contribution in [0.1, 0.15) is 65.7 Å². The number of nitrogens with two attached hydrogens (primary N) is 1. The minimum Gasteiger partial charge on any atom is -0.321 e. The van der Waals surface area contributed by atoms with Crippen molar-refractivity contribution in [3.8, 4) is 0 Å². The Labute approximate surface area is 179 Å². The number of carbonyl (C=O) groups is 3. The van der Waals surface area contributed by atoms with Crippen LogP contribution in [0.2, 0.25) is 0 Å². The van der Waals surface area contributed by atoms with Crippen molar-refractivity contribution in [3.05, 3.63) is 11.6 Å². The van der Waals surface area contributed by atoms with Crippen molar-refractivity contribution >= 4 is 30.0 Å². The monoisotopic (exact) mass is 417 g/mol. The van der Waals surface area contributed by atoms with Gasteiger partial charge < -0.3 is 5.73 Å². The van der Waals surface area contributed by atoms with E-state index in [1.54, 1.807) is 6.92 Å². The molecule has 0 heterocycles. The van der Waals surface area contributed by atoms with Crippen LogP contribution in [0.25, 0.3) is 0 Å². The molecule has 0 radical (unpaired) electrons. The largest absolute Gasteiger partial charge is 0.321 e. The summed E-state index contributed by atoms with van der Waals surface area (Å²) in [4.78, 5) is 37.9. The summed E-state index contributed by atoms with van der Waals surface area (Å²) in [6, 6.07) is -0.590. The van der Waals surface area contributed by atoms with Crippen molar-refractivity contribution in [1.82, 2.24) is 0 Å². The summed E-state index contributed by atoms with van der Waals surface area (Å²) in [5.41, 5.74) is 7.40. The number of hydrogen-bond donors (Lipinski definition) is 2. The zero-order valence-corrected chi connectivity index (χ0v) is 18.8. The fraction of sp³-hybridized carbons (Fsp3) is 0.792. The van der Waals surface area contributed by atoms with E-state index in [1.165, 1.54) is 5.57 Å². The van der Waals surface area contributed by atoms with E-state index in [2.05, 4.69) is 26.5 Å². The summed E-state index contributed by atoms with van der Waals surface area (Å²) in [6.45, 7) is 6.28. The molecular weight excluding hydrogens is 382 g/mol. The smallest absolute Gasteiger partial charge is 0.155 e. The second kappa shape index (κ2) is 7.33. The lowest BCUT2D eigenvalue weighted by molar-refractivity contribution is -0.135. The summed E-state index contributed by atoms with van der Waals surface area (Å²) >= 11 is 4.23. The summed E-state index contributed by atoms with van der Waals surface area (Å²) in [7, 11) is 0. The van der Waals surface area contributed by atoms with E-state index in [9.17, 15) is 14.4 Å². The van der Waals surface area contributed by atoms with Crippen molar-refractivity contribution in [3.63, 3.8) is 0 Å². The van der Waals surface area contributed by atoms with Gasteiger partial charge in [-0.25, -0.2) is 0 Å². The van der Waals surface area contributed by atoms with Crippen LogP contribution in [-0.2, 0) is 14.4 Å². The van der Waals surface area contributed by atoms with E-state index in [1.807, 2.05) is 6.08 Å². The summed E-state index contributed by atoms with van der Waals surface area (Å²) in [5, 5.41) is 0. The molecule has 4 aliphatic rings. The lowest BCUT2D eigenvalue weighted by atomic mass is 9.46. The molecule has 4 rings (SSSR count). The molecule has 3 saturated carbocycles. The number of allylic oxidation sites excluding steroid dienone is 1. The molecule has 1 unspecified atom stereocenters. The molecule has 0 aliphatic heterocycles. The van der Waals surface area contributed by atoms with Crippen molar-refractivity contribution in [2.45, 2.75) is 71.8 Å². The Hall–Kier alpha value is -0.940. The van der Waals surface area contributed by atoms with Crippen LogP contribution in [0.5, 0.6) is 0 Å². The quantitative estimate of drug-likeness (QED) is 0.683. The number of fused-ring (bicyclic) bond motifs is 5. The van der Waals surface area contributed by atoms with E-state index >= 15 is 0 Å². The Balaban J connectivity index is 1.69. The molecule has 0 spiro atoms. The Bertz CT molecular complexity index is 776. The van der Waals surface area contributed by atoms with Crippen molar-refractivity contribution in [1.29, 1.82) is 0 Å². The van der Waals surface area contributed by atoms with Crippen LogP contribution in [0.15, 0.2) is 11.6 Å². The third-order valence-corrected chi connectivity index (χ3v) is 9.78. The topological polar surface area (TPSA) is 77.2 Å². The standard InChI is InChI=1S/C24H35NO3S/c1-13(26)21-17(22(28)20(25)12-29)11-19-16-5-4-14-10-15(27)6-8-23(14,2)18(16)7-9-24(19,21)3/h10,16-21,29H,4-9,11-12,25H2,1-3H3/t16-,17?,18+,19+,20+,21+,23+,24+/m1/s1. The lowest BCUT2D eigenvalue weighted by Gasteiger charge is -2.58. The zero-order chi connectivity index (χ0) is 21.1. The molecule has 2 N–H and O–H groups in total. The van der Waals surface area contributed by atoms with Crippen LogP contribution < -0.4 is 5.73 Å². The highest BCUT2D eigenvalue weighted by Crippen LogP contribution is 2.67. The zero-order valence-electron chi connectivity index (χ0n) is 17.9. The van der Waals surface area contributed by atoms with E-state index in [0.29, 0.717) is 29.9 Å². The average Bonchev–Trinajstić information content (AvgIpc) is 3.00. The fourth-order valence-corrected chi connectivity index (χ4v) is 8.18. The molecule has 5 heteroatoms. The van der Waals surface area contributed by atoms with Gasteiger partial charge in [0.1, 0.15) is 5.78 Å². The highest BCUT2D eigenvalue weighted by molar-refractivity contribution is 7.80. The van der Waals surface area contributed by atoms with E-state index in [0.717, 1.165) is 38.5 Å². The average molecular weight is 418 g/mol. The maximum absolute atomic E-state index is 13.1. The fourth-order valence-electron chi connectivity index (χ4n) is 8.00. The number of Topliss-reactive ketones (excluding diaryl/α,β-unsaturated/α-hetero) is 2. The van der Waals surface area contributed by atoms with Crippen LogP contribution in [-0.4, -0.2) is 29.1 Å². The Morgan fingerprint density at radius 3 is 2.59 bits per heavy atom. The number of thiol groups is 1. The van der Waals surface area contributed by atoms with Gasteiger partial charge in [-0.3, -0.25) is 14.4 Å². The minimum atomic E-state index is -0.590. The van der Waals surface area contributed by atoms with Gasteiger partial charge in [-0.2, -0.15) is 12.6 Å². The van der Waals surface area contributed by atoms with E-state index < -0.39 is 6.04 Å². The second-order valence-electron chi connectivity index (χ2n) is 10.6. The van der Waals surface area contributed by atoms with Gasteiger partial charge in [0.25, 0.3) is 0 Å². The van der Waals surface area contributed by atoms with Gasteiger partial charge in [-0.15, -0.1) is 0 Å². The Morgan fingerprint density at radius 2 is 1.93 bits per heavy atom. The van der Waals surface area contributed by atoms with Crippen LogP contribution in [0.3, 0.4) is 0 Å². The third-order valence-electron chi connectivity index (χ3n) is 9.39. The van der Waals surface area contributed by atoms with Gasteiger partial charge in [-0.05, 0) is 80.1 Å². The molecule has 4 aliphatic carbocycles. The molecule has 3 fully saturated rings. The Kier molecular flexibility index (Phi) is 5.39. The molecule has 4 nitrogen and oxygen atoms in total. The molecule has 0 saturated heterocycles. The molecule has 29 heavy (non-hydrogen) atoms. The van der Waals surface area contributed by atoms with Gasteiger partial charge in [0.2, 0.25) is 0 Å². The molecule has 0 aromatic carbocycles. The van der Waals surface area contributed by atoms with Gasteiger partial charge in [0.15, 0.2) is 11.6 Å². The molecule has 8 atom stereocenters. The van der Waals surface area contributed by atoms with E-state index in [-0.39, 0.29) is 40.0 Å². The van der Waals surface area contributed by atoms with Crippen LogP contribution in [0, 0.1) is 40.4 Å². The number of rotatable bonds is 4. The number of ketones is 3. The van der Waals surface area contributed by atoms with Gasteiger partial charge in [0, 0.05) is 24.0 Å².